The summed E-state index contributed by atoms with van der Waals surface area (Å²) < 4.78 is 25.6. The van der Waals surface area contributed by atoms with E-state index in [1.165, 1.54) is 4.90 Å². The first-order valence-corrected chi connectivity index (χ1v) is 18.9. The molecule has 1 unspecified atom stereocenters. The summed E-state index contributed by atoms with van der Waals surface area (Å²) in [6.07, 6.45) is 9.15. The maximum absolute atomic E-state index is 14.4. The normalized spacial score (nSPS) is 24.2. The Morgan fingerprint density at radius 2 is 1.58 bits per heavy atom. The summed E-state index contributed by atoms with van der Waals surface area (Å²) in [6.45, 7) is 16.7. The summed E-state index contributed by atoms with van der Waals surface area (Å²) in [5, 5.41) is 11.0. The number of carbonyl (C=O) groups excluding carboxylic acids is 5. The Kier molecular flexibility index (Phi) is 11.8. The van der Waals surface area contributed by atoms with Gasteiger partial charge in [0.25, 0.3) is 5.91 Å². The van der Waals surface area contributed by atoms with Crippen molar-refractivity contribution in [1.29, 1.82) is 0 Å². The highest BCUT2D eigenvalue weighted by molar-refractivity contribution is 7.92. The van der Waals surface area contributed by atoms with E-state index in [1.807, 2.05) is 34.6 Å². The number of nitrogens with zero attached hydrogens (tertiary/aromatic N) is 1. The van der Waals surface area contributed by atoms with Gasteiger partial charge in [-0.25, -0.2) is 13.2 Å². The fourth-order valence-electron chi connectivity index (χ4n) is 7.31. The number of hydrogen-bond donors (Lipinski definition) is 4. The van der Waals surface area contributed by atoms with Crippen LogP contribution in [-0.4, -0.2) is 90.1 Å². The summed E-state index contributed by atoms with van der Waals surface area (Å²) in [4.78, 5) is 68.9. The number of terminal acetylenes is 1. The number of Topliss-reactive ketones (excluding diaryl/α,β-unsaturated/α-hetero) is 1. The van der Waals surface area contributed by atoms with E-state index in [-0.39, 0.29) is 48.9 Å². The first-order valence-electron chi connectivity index (χ1n) is 17.2. The number of urea groups is 1. The van der Waals surface area contributed by atoms with Crippen LogP contribution >= 0.6 is 0 Å². The van der Waals surface area contributed by atoms with Crippen molar-refractivity contribution in [3.63, 3.8) is 0 Å². The van der Waals surface area contributed by atoms with Gasteiger partial charge >= 0.3 is 6.03 Å². The standard InChI is InChI=1S/C35H57N5O7S/c1-11-13-17-23(26(41)29(43)36-12-2)37-28(42)25-24-22(34(24,9)10)20-40(25)30(44)27(32(3,4)5)38-31(45)39-35(18-15-14-16-19-35)21-48(46,47)33(6,7)8/h1,22-25,27H,12-21H2,2-10H3,(H,36,43)(H,37,42)(H2,38,39,45)/t22-,23?,24-,25-,27+/m0/s1. The Labute approximate surface area is 287 Å². The molecule has 5 atom stereocenters. The second kappa shape index (κ2) is 14.4. The molecule has 3 fully saturated rings. The molecule has 0 aromatic rings. The Hall–Kier alpha value is -3.14. The predicted molar refractivity (Wildman–Crippen MR) is 184 cm³/mol. The summed E-state index contributed by atoms with van der Waals surface area (Å²) in [5.41, 5.74) is -1.98. The largest absolute Gasteiger partial charge is 0.350 e. The highest BCUT2D eigenvalue weighted by Crippen LogP contribution is 2.65. The van der Waals surface area contributed by atoms with E-state index in [4.69, 9.17) is 6.42 Å². The van der Waals surface area contributed by atoms with Crippen LogP contribution in [0, 0.1) is 35.0 Å². The molecular weight excluding hydrogens is 634 g/mol. The minimum atomic E-state index is -3.57. The lowest BCUT2D eigenvalue weighted by Crippen LogP contribution is -2.64. The lowest BCUT2D eigenvalue weighted by molar-refractivity contribution is -0.145. The van der Waals surface area contributed by atoms with Gasteiger partial charge in [-0.3, -0.25) is 19.2 Å². The van der Waals surface area contributed by atoms with E-state index in [0.717, 1.165) is 19.3 Å². The molecule has 0 aromatic carbocycles. The van der Waals surface area contributed by atoms with Crippen LogP contribution in [0.4, 0.5) is 4.79 Å². The van der Waals surface area contributed by atoms with Gasteiger partial charge in [0.2, 0.25) is 17.6 Å². The zero-order chi connectivity index (χ0) is 36.5. The van der Waals surface area contributed by atoms with Gasteiger partial charge in [0.1, 0.15) is 12.1 Å². The van der Waals surface area contributed by atoms with E-state index < -0.39 is 73.2 Å². The Morgan fingerprint density at radius 1 is 0.979 bits per heavy atom. The summed E-state index contributed by atoms with van der Waals surface area (Å²) >= 11 is 0. The molecule has 3 rings (SSSR count). The van der Waals surface area contributed by atoms with Gasteiger partial charge in [-0.1, -0.05) is 53.9 Å². The van der Waals surface area contributed by atoms with Crippen molar-refractivity contribution in [2.24, 2.45) is 22.7 Å². The number of carbonyl (C=O) groups is 5. The van der Waals surface area contributed by atoms with E-state index >= 15 is 0 Å². The summed E-state index contributed by atoms with van der Waals surface area (Å²) in [6, 6.07) is -3.77. The van der Waals surface area contributed by atoms with Crippen molar-refractivity contribution in [1.82, 2.24) is 26.2 Å². The molecule has 1 aliphatic heterocycles. The minimum absolute atomic E-state index is 0.0306. The number of piperidine rings is 1. The molecular formula is C35H57N5O7S. The van der Waals surface area contributed by atoms with E-state index in [2.05, 4.69) is 27.2 Å². The van der Waals surface area contributed by atoms with Gasteiger partial charge in [0.15, 0.2) is 9.84 Å². The predicted octanol–water partition coefficient (Wildman–Crippen LogP) is 2.70. The number of likely N-dealkylation sites (tertiary alicyclic amines) is 1. The molecule has 1 heterocycles. The minimum Gasteiger partial charge on any atom is -0.350 e. The van der Waals surface area contributed by atoms with Crippen LogP contribution in [0.15, 0.2) is 0 Å². The average molecular weight is 692 g/mol. The van der Waals surface area contributed by atoms with E-state index in [0.29, 0.717) is 12.8 Å². The van der Waals surface area contributed by atoms with Crippen molar-refractivity contribution in [3.8, 4) is 12.3 Å². The zero-order valence-corrected chi connectivity index (χ0v) is 31.1. The Bertz CT molecular complexity index is 1410. The van der Waals surface area contributed by atoms with Gasteiger partial charge in [0.05, 0.1) is 22.1 Å². The van der Waals surface area contributed by atoms with Crippen molar-refractivity contribution in [3.05, 3.63) is 0 Å². The third-order valence-corrected chi connectivity index (χ3v) is 13.3. The molecule has 48 heavy (non-hydrogen) atoms. The van der Waals surface area contributed by atoms with Crippen molar-refractivity contribution in [2.75, 3.05) is 18.8 Å². The molecule has 3 aliphatic rings. The highest BCUT2D eigenvalue weighted by Gasteiger charge is 2.70. The Balaban J connectivity index is 1.87. The van der Waals surface area contributed by atoms with E-state index in [9.17, 15) is 32.4 Å². The lowest BCUT2D eigenvalue weighted by Gasteiger charge is -2.41. The third-order valence-electron chi connectivity index (χ3n) is 10.5. The summed E-state index contributed by atoms with van der Waals surface area (Å²) in [5.74, 6) is -0.533. The van der Waals surface area contributed by atoms with Crippen LogP contribution in [0.3, 0.4) is 0 Å². The monoisotopic (exact) mass is 691 g/mol. The number of rotatable bonds is 12. The number of hydrogen-bond acceptors (Lipinski definition) is 7. The van der Waals surface area contributed by atoms with Gasteiger partial charge in [-0.05, 0) is 69.6 Å². The van der Waals surface area contributed by atoms with Crippen LogP contribution < -0.4 is 21.3 Å². The molecule has 13 heteroatoms. The molecule has 0 radical (unpaired) electrons. The maximum atomic E-state index is 14.4. The van der Waals surface area contributed by atoms with Crippen LogP contribution in [-0.2, 0) is 29.0 Å². The van der Waals surface area contributed by atoms with E-state index in [1.54, 1.807) is 27.7 Å². The van der Waals surface area contributed by atoms with Crippen LogP contribution in [0.2, 0.25) is 0 Å². The van der Waals surface area contributed by atoms with Gasteiger partial charge < -0.3 is 26.2 Å². The number of sulfone groups is 1. The number of fused-ring (bicyclic) bond motifs is 1. The molecule has 5 amide bonds. The molecule has 270 valence electrons. The van der Waals surface area contributed by atoms with Gasteiger partial charge in [-0.15, -0.1) is 12.3 Å². The number of ketones is 1. The molecule has 0 aromatic heterocycles. The van der Waals surface area contributed by atoms with Crippen LogP contribution in [0.1, 0.15) is 107 Å². The van der Waals surface area contributed by atoms with Crippen molar-refractivity contribution in [2.45, 2.75) is 136 Å². The second-order valence-corrected chi connectivity index (χ2v) is 19.3. The number of nitrogens with one attached hydrogen (secondary N) is 4. The zero-order valence-electron chi connectivity index (χ0n) is 30.2. The molecule has 2 saturated carbocycles. The fraction of sp³-hybridized carbons (Fsp3) is 0.800. The SMILES string of the molecule is C#CCCC(NC(=O)[C@@H]1[C@@H]2[C@H](CN1C(=O)[C@@H](NC(=O)NC1(CS(=O)(=O)C(C)(C)C)CCCCC1)C(C)(C)C)C2(C)C)C(=O)C(=O)NCC. The maximum Gasteiger partial charge on any atom is 0.315 e. The number of likely N-dealkylation sites (N-methyl/N-ethyl adjacent to an activating group) is 1. The molecule has 0 bridgehead atoms. The Morgan fingerprint density at radius 3 is 2.10 bits per heavy atom. The second-order valence-electron chi connectivity index (χ2n) is 16.5. The smallest absolute Gasteiger partial charge is 0.315 e. The molecule has 0 spiro atoms. The van der Waals surface area contributed by atoms with Crippen LogP contribution in [0.25, 0.3) is 0 Å². The molecule has 12 nitrogen and oxygen atoms in total. The van der Waals surface area contributed by atoms with Gasteiger partial charge in [-0.2, -0.15) is 0 Å². The topological polar surface area (TPSA) is 171 Å². The first-order chi connectivity index (χ1) is 22.0. The quantitative estimate of drug-likeness (QED) is 0.180. The number of amides is 5. The van der Waals surface area contributed by atoms with Crippen molar-refractivity contribution < 1.29 is 32.4 Å². The highest BCUT2D eigenvalue weighted by atomic mass is 32.2. The lowest BCUT2D eigenvalue weighted by atomic mass is 9.83. The van der Waals surface area contributed by atoms with Crippen molar-refractivity contribution >= 4 is 39.4 Å². The third kappa shape index (κ3) is 8.52. The van der Waals surface area contributed by atoms with Crippen LogP contribution in [0.5, 0.6) is 0 Å². The molecule has 1 saturated heterocycles. The molecule has 4 N–H and O–H groups in total. The first kappa shape index (κ1) is 39.3. The summed E-state index contributed by atoms with van der Waals surface area (Å²) in [7, 11) is -3.57. The molecule has 2 aliphatic carbocycles. The average Bonchev–Trinajstić information content (AvgIpc) is 3.27. The van der Waals surface area contributed by atoms with Gasteiger partial charge in [0, 0.05) is 19.5 Å². The fourth-order valence-corrected chi connectivity index (χ4v) is 8.83.